The number of unbranched alkanes of at least 4 members (excludes halogenated alkanes) is 2. The molecule has 0 saturated carbocycles. The van der Waals surface area contributed by atoms with Crippen LogP contribution >= 0.6 is 0 Å². The second-order valence-electron chi connectivity index (χ2n) is 4.80. The third kappa shape index (κ3) is 4.00. The predicted octanol–water partition coefficient (Wildman–Crippen LogP) is 2.07. The third-order valence-electron chi connectivity index (χ3n) is 2.19. The largest absolute Gasteiger partial charge is 0.396 e. The summed E-state index contributed by atoms with van der Waals surface area (Å²) in [5, 5.41) is 12.6. The molecule has 0 saturated heterocycles. The van der Waals surface area contributed by atoms with Crippen molar-refractivity contribution >= 4 is 0 Å². The first-order valence-corrected chi connectivity index (χ1v) is 5.48. The lowest BCUT2D eigenvalue weighted by atomic mass is 9.96. The lowest BCUT2D eigenvalue weighted by molar-refractivity contribution is 0.281. The van der Waals surface area contributed by atoms with E-state index in [0.717, 1.165) is 31.5 Å². The summed E-state index contributed by atoms with van der Waals surface area (Å²) >= 11 is 0. The Bertz CT molecular complexity index is 289. The number of nitrogens with zero attached hydrogens (tertiary/aromatic N) is 2. The van der Waals surface area contributed by atoms with Gasteiger partial charge in [-0.3, -0.25) is 0 Å². The minimum Gasteiger partial charge on any atom is -0.396 e. The molecule has 86 valence electrons. The van der Waals surface area contributed by atoms with Gasteiger partial charge in [0, 0.05) is 18.4 Å². The summed E-state index contributed by atoms with van der Waals surface area (Å²) in [6.07, 6.45) is 3.65. The first-order valence-electron chi connectivity index (χ1n) is 5.48. The van der Waals surface area contributed by atoms with Crippen molar-refractivity contribution < 1.29 is 9.63 Å². The van der Waals surface area contributed by atoms with Crippen molar-refractivity contribution in [1.29, 1.82) is 0 Å². The van der Waals surface area contributed by atoms with Gasteiger partial charge in [0.2, 0.25) is 5.89 Å². The van der Waals surface area contributed by atoms with Crippen LogP contribution in [0.5, 0.6) is 0 Å². The number of aliphatic hydroxyl groups is 1. The van der Waals surface area contributed by atoms with Crippen LogP contribution in [0.3, 0.4) is 0 Å². The van der Waals surface area contributed by atoms with Gasteiger partial charge in [-0.05, 0) is 12.8 Å². The molecule has 0 atom stereocenters. The van der Waals surface area contributed by atoms with Gasteiger partial charge in [-0.1, -0.05) is 32.3 Å². The average Bonchev–Trinajstić information content (AvgIpc) is 2.60. The molecule has 0 spiro atoms. The van der Waals surface area contributed by atoms with Crippen LogP contribution in [0.4, 0.5) is 0 Å². The maximum absolute atomic E-state index is 8.62. The summed E-state index contributed by atoms with van der Waals surface area (Å²) in [4.78, 5) is 4.34. The molecule has 4 nitrogen and oxygen atoms in total. The summed E-state index contributed by atoms with van der Waals surface area (Å²) in [6.45, 7) is 6.45. The molecule has 1 heterocycles. The monoisotopic (exact) mass is 212 g/mol. The van der Waals surface area contributed by atoms with Crippen LogP contribution in [-0.4, -0.2) is 21.9 Å². The fourth-order valence-corrected chi connectivity index (χ4v) is 1.23. The zero-order valence-corrected chi connectivity index (χ0v) is 9.79. The van der Waals surface area contributed by atoms with Crippen LogP contribution in [-0.2, 0) is 11.8 Å². The van der Waals surface area contributed by atoms with Gasteiger partial charge >= 0.3 is 0 Å². The number of aryl methyl sites for hydroxylation is 1. The van der Waals surface area contributed by atoms with Crippen molar-refractivity contribution in [2.24, 2.45) is 0 Å². The molecular weight excluding hydrogens is 192 g/mol. The Morgan fingerprint density at radius 1 is 1.20 bits per heavy atom. The normalized spacial score (nSPS) is 12.0. The van der Waals surface area contributed by atoms with E-state index in [-0.39, 0.29) is 12.0 Å². The molecule has 15 heavy (non-hydrogen) atoms. The molecule has 1 aromatic heterocycles. The summed E-state index contributed by atoms with van der Waals surface area (Å²) in [6, 6.07) is 0. The number of hydrogen-bond acceptors (Lipinski definition) is 4. The number of aromatic nitrogens is 2. The van der Waals surface area contributed by atoms with Gasteiger partial charge in [0.25, 0.3) is 0 Å². The highest BCUT2D eigenvalue weighted by molar-refractivity contribution is 4.99. The molecule has 0 unspecified atom stereocenters. The molecule has 1 N–H and O–H groups in total. The summed E-state index contributed by atoms with van der Waals surface area (Å²) in [5.41, 5.74) is -0.0488. The molecular formula is C11H20N2O2. The van der Waals surface area contributed by atoms with Crippen LogP contribution in [0.15, 0.2) is 4.52 Å². The van der Waals surface area contributed by atoms with Gasteiger partial charge in [-0.25, -0.2) is 0 Å². The first-order chi connectivity index (χ1) is 7.04. The van der Waals surface area contributed by atoms with Crippen LogP contribution in [0.1, 0.15) is 51.7 Å². The zero-order chi connectivity index (χ0) is 11.3. The summed E-state index contributed by atoms with van der Waals surface area (Å²) in [5.74, 6) is 1.47. The van der Waals surface area contributed by atoms with Crippen molar-refractivity contribution in [3.63, 3.8) is 0 Å². The van der Waals surface area contributed by atoms with Gasteiger partial charge < -0.3 is 9.63 Å². The molecule has 1 rings (SSSR count). The van der Waals surface area contributed by atoms with E-state index in [4.69, 9.17) is 9.63 Å². The number of rotatable bonds is 5. The Morgan fingerprint density at radius 3 is 2.47 bits per heavy atom. The summed E-state index contributed by atoms with van der Waals surface area (Å²) in [7, 11) is 0. The van der Waals surface area contributed by atoms with Gasteiger partial charge in [-0.15, -0.1) is 0 Å². The highest BCUT2D eigenvalue weighted by Gasteiger charge is 2.20. The van der Waals surface area contributed by atoms with E-state index in [1.807, 2.05) is 0 Å². The Hall–Kier alpha value is -0.900. The first kappa shape index (κ1) is 12.2. The van der Waals surface area contributed by atoms with E-state index < -0.39 is 0 Å². The molecule has 0 amide bonds. The lowest BCUT2D eigenvalue weighted by Crippen LogP contribution is -2.13. The highest BCUT2D eigenvalue weighted by atomic mass is 16.5. The quantitative estimate of drug-likeness (QED) is 0.759. The standard InChI is InChI=1S/C11H20N2O2/c1-11(2,3)10-12-9(15-13-10)7-5-4-6-8-14/h14H,4-8H2,1-3H3. The van der Waals surface area contributed by atoms with Crippen LogP contribution in [0.2, 0.25) is 0 Å². The molecule has 0 fully saturated rings. The number of hydrogen-bond donors (Lipinski definition) is 1. The van der Waals surface area contributed by atoms with Gasteiger partial charge in [0.1, 0.15) is 0 Å². The summed E-state index contributed by atoms with van der Waals surface area (Å²) < 4.78 is 5.15. The maximum Gasteiger partial charge on any atom is 0.226 e. The van der Waals surface area contributed by atoms with Crippen LogP contribution in [0.25, 0.3) is 0 Å². The van der Waals surface area contributed by atoms with E-state index >= 15 is 0 Å². The van der Waals surface area contributed by atoms with E-state index in [0.29, 0.717) is 5.89 Å². The second-order valence-corrected chi connectivity index (χ2v) is 4.80. The van der Waals surface area contributed by atoms with E-state index in [1.54, 1.807) is 0 Å². The molecule has 0 aliphatic rings. The fraction of sp³-hybridized carbons (Fsp3) is 0.818. The zero-order valence-electron chi connectivity index (χ0n) is 9.79. The molecule has 0 bridgehead atoms. The minimum absolute atomic E-state index is 0.0488. The Balaban J connectivity index is 2.40. The molecule has 0 aliphatic heterocycles. The fourth-order valence-electron chi connectivity index (χ4n) is 1.23. The topological polar surface area (TPSA) is 59.2 Å². The molecule has 4 heteroatoms. The van der Waals surface area contributed by atoms with Crippen molar-refractivity contribution in [2.45, 2.75) is 51.9 Å². The highest BCUT2D eigenvalue weighted by Crippen LogP contribution is 2.18. The van der Waals surface area contributed by atoms with Gasteiger partial charge in [-0.2, -0.15) is 4.98 Å². The predicted molar refractivity (Wildman–Crippen MR) is 57.6 cm³/mol. The smallest absolute Gasteiger partial charge is 0.226 e. The van der Waals surface area contributed by atoms with Crippen molar-refractivity contribution in [1.82, 2.24) is 10.1 Å². The minimum atomic E-state index is -0.0488. The lowest BCUT2D eigenvalue weighted by Gasteiger charge is -2.10. The van der Waals surface area contributed by atoms with E-state index in [9.17, 15) is 0 Å². The molecule has 1 aromatic rings. The van der Waals surface area contributed by atoms with Crippen molar-refractivity contribution in [2.75, 3.05) is 6.61 Å². The average molecular weight is 212 g/mol. The van der Waals surface area contributed by atoms with Crippen LogP contribution < -0.4 is 0 Å². The number of aliphatic hydroxyl groups excluding tert-OH is 1. The van der Waals surface area contributed by atoms with Crippen molar-refractivity contribution in [3.8, 4) is 0 Å². The Morgan fingerprint density at radius 2 is 1.93 bits per heavy atom. The van der Waals surface area contributed by atoms with Gasteiger partial charge in [0.15, 0.2) is 5.82 Å². The van der Waals surface area contributed by atoms with Gasteiger partial charge in [0.05, 0.1) is 0 Å². The molecule has 0 radical (unpaired) electrons. The van der Waals surface area contributed by atoms with E-state index in [1.165, 1.54) is 0 Å². The molecule has 0 aliphatic carbocycles. The second kappa shape index (κ2) is 5.26. The maximum atomic E-state index is 8.62. The Kier molecular flexibility index (Phi) is 4.27. The molecule has 0 aromatic carbocycles. The Labute approximate surface area is 90.7 Å². The SMILES string of the molecule is CC(C)(C)c1noc(CCCCCO)n1. The van der Waals surface area contributed by atoms with E-state index in [2.05, 4.69) is 30.9 Å². The van der Waals surface area contributed by atoms with Crippen LogP contribution in [0, 0.1) is 0 Å². The van der Waals surface area contributed by atoms with Crippen molar-refractivity contribution in [3.05, 3.63) is 11.7 Å². The third-order valence-corrected chi connectivity index (χ3v) is 2.19.